The number of ether oxygens (including phenoxy) is 1. The monoisotopic (exact) mass is 208 g/mol. The molecule has 74 valence electrons. The van der Waals surface area contributed by atoms with Gasteiger partial charge < -0.3 is 4.74 Å². The third-order valence-electron chi connectivity index (χ3n) is 1.67. The Kier molecular flexibility index (Phi) is 3.85. The molecule has 0 radical (unpaired) electrons. The minimum Gasteiger partial charge on any atom is -0.492 e. The third kappa shape index (κ3) is 2.97. The van der Waals surface area contributed by atoms with Crippen molar-refractivity contribution in [3.05, 3.63) is 28.8 Å². The van der Waals surface area contributed by atoms with Crippen LogP contribution in [0.5, 0.6) is 5.75 Å². The topological polar surface area (TPSA) is 9.23 Å². The lowest BCUT2D eigenvalue weighted by atomic mass is 10.2. The molecule has 2 heteroatoms. The van der Waals surface area contributed by atoms with Crippen molar-refractivity contribution in [3.8, 4) is 18.1 Å². The van der Waals surface area contributed by atoms with Crippen molar-refractivity contribution in [2.45, 2.75) is 13.8 Å². The molecule has 0 atom stereocenters. The van der Waals surface area contributed by atoms with E-state index in [1.807, 2.05) is 0 Å². The molecule has 0 saturated heterocycles. The van der Waals surface area contributed by atoms with Crippen LogP contribution in [0.25, 0.3) is 0 Å². The summed E-state index contributed by atoms with van der Waals surface area (Å²) in [6, 6.07) is 5.34. The van der Waals surface area contributed by atoms with E-state index in [9.17, 15) is 0 Å². The molecule has 0 aromatic heterocycles. The van der Waals surface area contributed by atoms with Crippen LogP contribution >= 0.6 is 11.6 Å². The van der Waals surface area contributed by atoms with Crippen LogP contribution in [0.1, 0.15) is 19.4 Å². The van der Waals surface area contributed by atoms with Crippen molar-refractivity contribution < 1.29 is 4.74 Å². The van der Waals surface area contributed by atoms with Crippen LogP contribution in [0.4, 0.5) is 0 Å². The first-order valence-electron chi connectivity index (χ1n) is 4.52. The molecule has 0 heterocycles. The molecular formula is C12H13ClO. The summed E-state index contributed by atoms with van der Waals surface area (Å²) >= 11 is 5.94. The molecule has 0 spiro atoms. The zero-order valence-corrected chi connectivity index (χ0v) is 9.14. The van der Waals surface area contributed by atoms with Gasteiger partial charge in [-0.2, -0.15) is 0 Å². The normalized spacial score (nSPS) is 9.93. The van der Waals surface area contributed by atoms with Crippen molar-refractivity contribution in [2.24, 2.45) is 5.92 Å². The van der Waals surface area contributed by atoms with Gasteiger partial charge in [0.2, 0.25) is 0 Å². The smallest absolute Gasteiger partial charge is 0.139 e. The van der Waals surface area contributed by atoms with Crippen LogP contribution in [0, 0.1) is 18.3 Å². The third-order valence-corrected chi connectivity index (χ3v) is 1.98. The fraction of sp³-hybridized carbons (Fsp3) is 0.333. The second-order valence-corrected chi connectivity index (χ2v) is 3.90. The Labute approximate surface area is 90.0 Å². The summed E-state index contributed by atoms with van der Waals surface area (Å²) in [5.41, 5.74) is 0.785. The predicted molar refractivity (Wildman–Crippen MR) is 59.7 cm³/mol. The number of hydrogen-bond acceptors (Lipinski definition) is 1. The summed E-state index contributed by atoms with van der Waals surface area (Å²) in [4.78, 5) is 0. The Bertz CT molecular complexity index is 350. The number of halogens is 1. The molecule has 0 bridgehead atoms. The van der Waals surface area contributed by atoms with Gasteiger partial charge in [0.1, 0.15) is 5.75 Å². The Hall–Kier alpha value is -1.13. The van der Waals surface area contributed by atoms with Gasteiger partial charge in [0.25, 0.3) is 0 Å². The van der Waals surface area contributed by atoms with E-state index < -0.39 is 0 Å². The molecule has 0 aliphatic carbocycles. The van der Waals surface area contributed by atoms with Crippen LogP contribution in [-0.2, 0) is 0 Å². The van der Waals surface area contributed by atoms with E-state index in [1.165, 1.54) is 0 Å². The largest absolute Gasteiger partial charge is 0.492 e. The maximum Gasteiger partial charge on any atom is 0.139 e. The van der Waals surface area contributed by atoms with Gasteiger partial charge in [-0.3, -0.25) is 0 Å². The highest BCUT2D eigenvalue weighted by atomic mass is 35.5. The molecule has 0 unspecified atom stereocenters. The second-order valence-electron chi connectivity index (χ2n) is 3.49. The van der Waals surface area contributed by atoms with Crippen molar-refractivity contribution in [2.75, 3.05) is 6.61 Å². The van der Waals surface area contributed by atoms with Gasteiger partial charge in [-0.15, -0.1) is 6.42 Å². The SMILES string of the molecule is C#Cc1ccc(Cl)c(OCC(C)C)c1. The summed E-state index contributed by atoms with van der Waals surface area (Å²) < 4.78 is 5.51. The Morgan fingerprint density at radius 3 is 2.79 bits per heavy atom. The first-order valence-corrected chi connectivity index (χ1v) is 4.90. The summed E-state index contributed by atoms with van der Waals surface area (Å²) in [7, 11) is 0. The average Bonchev–Trinajstić information content (AvgIpc) is 2.16. The zero-order chi connectivity index (χ0) is 10.6. The van der Waals surface area contributed by atoms with E-state index >= 15 is 0 Å². The molecule has 1 rings (SSSR count). The number of terminal acetylenes is 1. The van der Waals surface area contributed by atoms with Crippen molar-refractivity contribution in [1.82, 2.24) is 0 Å². The highest BCUT2D eigenvalue weighted by Crippen LogP contribution is 2.25. The standard InChI is InChI=1S/C12H13ClO/c1-4-10-5-6-11(13)12(7-10)14-8-9(2)3/h1,5-7,9H,8H2,2-3H3. The van der Waals surface area contributed by atoms with Crippen molar-refractivity contribution in [1.29, 1.82) is 0 Å². The lowest BCUT2D eigenvalue weighted by Gasteiger charge is -2.10. The fourth-order valence-electron chi connectivity index (χ4n) is 0.960. The van der Waals surface area contributed by atoms with Crippen LogP contribution in [0.2, 0.25) is 5.02 Å². The summed E-state index contributed by atoms with van der Waals surface area (Å²) in [5.74, 6) is 3.68. The molecule has 0 saturated carbocycles. The Morgan fingerprint density at radius 1 is 1.50 bits per heavy atom. The summed E-state index contributed by atoms with van der Waals surface area (Å²) in [5, 5.41) is 0.602. The van der Waals surface area contributed by atoms with Crippen molar-refractivity contribution in [3.63, 3.8) is 0 Å². The van der Waals surface area contributed by atoms with Gasteiger partial charge in [0, 0.05) is 5.56 Å². The molecule has 1 aromatic rings. The van der Waals surface area contributed by atoms with Gasteiger partial charge in [-0.05, 0) is 24.1 Å². The second kappa shape index (κ2) is 4.93. The molecule has 0 amide bonds. The van der Waals surface area contributed by atoms with Gasteiger partial charge in [-0.25, -0.2) is 0 Å². The molecule has 1 aromatic carbocycles. The van der Waals surface area contributed by atoms with Gasteiger partial charge in [0.05, 0.1) is 11.6 Å². The number of rotatable bonds is 3. The molecule has 0 N–H and O–H groups in total. The first-order chi connectivity index (χ1) is 6.63. The molecule has 0 aliphatic rings. The van der Waals surface area contributed by atoms with E-state index in [0.29, 0.717) is 23.3 Å². The molecule has 0 fully saturated rings. The Balaban J connectivity index is 2.80. The molecule has 0 aliphatic heterocycles. The van der Waals surface area contributed by atoms with Crippen LogP contribution < -0.4 is 4.74 Å². The van der Waals surface area contributed by atoms with Gasteiger partial charge >= 0.3 is 0 Å². The quantitative estimate of drug-likeness (QED) is 0.693. The van der Waals surface area contributed by atoms with E-state index in [-0.39, 0.29) is 0 Å². The summed E-state index contributed by atoms with van der Waals surface area (Å²) in [6.45, 7) is 4.81. The maximum absolute atomic E-state index is 5.94. The average molecular weight is 209 g/mol. The molecule has 14 heavy (non-hydrogen) atoms. The first kappa shape index (κ1) is 10.9. The fourth-order valence-corrected chi connectivity index (χ4v) is 1.13. The van der Waals surface area contributed by atoms with Gasteiger partial charge in [0.15, 0.2) is 0 Å². The lowest BCUT2D eigenvalue weighted by Crippen LogP contribution is -2.04. The molecular weight excluding hydrogens is 196 g/mol. The van der Waals surface area contributed by atoms with Crippen LogP contribution in [-0.4, -0.2) is 6.61 Å². The highest BCUT2D eigenvalue weighted by molar-refractivity contribution is 6.32. The maximum atomic E-state index is 5.94. The van der Waals surface area contributed by atoms with Crippen LogP contribution in [0.3, 0.4) is 0 Å². The van der Waals surface area contributed by atoms with Crippen LogP contribution in [0.15, 0.2) is 18.2 Å². The zero-order valence-electron chi connectivity index (χ0n) is 8.38. The molecule has 1 nitrogen and oxygen atoms in total. The number of benzene rings is 1. The minimum absolute atomic E-state index is 0.473. The van der Waals surface area contributed by atoms with Gasteiger partial charge in [-0.1, -0.05) is 31.4 Å². The number of hydrogen-bond donors (Lipinski definition) is 0. The van der Waals surface area contributed by atoms with E-state index in [1.54, 1.807) is 18.2 Å². The minimum atomic E-state index is 0.473. The summed E-state index contributed by atoms with van der Waals surface area (Å²) in [6.07, 6.45) is 5.28. The predicted octanol–water partition coefficient (Wildman–Crippen LogP) is 3.36. The van der Waals surface area contributed by atoms with E-state index in [0.717, 1.165) is 5.56 Å². The van der Waals surface area contributed by atoms with E-state index in [4.69, 9.17) is 22.8 Å². The van der Waals surface area contributed by atoms with Crippen molar-refractivity contribution >= 4 is 11.6 Å². The Morgan fingerprint density at radius 2 is 2.21 bits per heavy atom. The highest BCUT2D eigenvalue weighted by Gasteiger charge is 2.03. The van der Waals surface area contributed by atoms with E-state index in [2.05, 4.69) is 19.8 Å². The lowest BCUT2D eigenvalue weighted by molar-refractivity contribution is 0.271.